The van der Waals surface area contributed by atoms with Crippen molar-refractivity contribution in [3.8, 4) is 5.75 Å². The maximum absolute atomic E-state index is 12.2. The standard InChI is InChI=1S/C21H26N2O6S/c1-4-29-19-12-10-18(11-13-19)23(30(3,26)27)14-6-9-20(24)22-17-8-5-7-16(15-17)21(25)28-2/h5,7-8,10-13,15H,4,6,9,14H2,1-3H3,(H,22,24). The first-order valence-corrected chi connectivity index (χ1v) is 11.3. The van der Waals surface area contributed by atoms with Crippen LogP contribution >= 0.6 is 0 Å². The van der Waals surface area contributed by atoms with E-state index in [0.29, 0.717) is 35.7 Å². The van der Waals surface area contributed by atoms with E-state index < -0.39 is 16.0 Å². The fourth-order valence-electron chi connectivity index (χ4n) is 2.81. The number of hydrogen-bond donors (Lipinski definition) is 1. The van der Waals surface area contributed by atoms with Gasteiger partial charge in [0, 0.05) is 18.7 Å². The summed E-state index contributed by atoms with van der Waals surface area (Å²) in [5, 5.41) is 2.70. The normalized spacial score (nSPS) is 10.9. The zero-order valence-corrected chi connectivity index (χ0v) is 18.1. The molecule has 0 saturated heterocycles. The lowest BCUT2D eigenvalue weighted by Gasteiger charge is -2.22. The summed E-state index contributed by atoms with van der Waals surface area (Å²) in [6, 6.07) is 13.2. The Kier molecular flexibility index (Phi) is 8.23. The van der Waals surface area contributed by atoms with Crippen LogP contribution < -0.4 is 14.4 Å². The summed E-state index contributed by atoms with van der Waals surface area (Å²) in [7, 11) is -2.23. The van der Waals surface area contributed by atoms with E-state index in [0.717, 1.165) is 6.26 Å². The second-order valence-electron chi connectivity index (χ2n) is 6.49. The number of sulfonamides is 1. The van der Waals surface area contributed by atoms with Crippen molar-refractivity contribution in [3.05, 3.63) is 54.1 Å². The van der Waals surface area contributed by atoms with Gasteiger partial charge in [-0.1, -0.05) is 6.07 Å². The van der Waals surface area contributed by atoms with Gasteiger partial charge in [0.25, 0.3) is 0 Å². The number of carbonyl (C=O) groups excluding carboxylic acids is 2. The molecule has 9 heteroatoms. The molecule has 0 heterocycles. The van der Waals surface area contributed by atoms with Crippen LogP contribution in [0.2, 0.25) is 0 Å². The summed E-state index contributed by atoms with van der Waals surface area (Å²) in [5.74, 6) is -0.120. The number of benzene rings is 2. The predicted molar refractivity (Wildman–Crippen MR) is 115 cm³/mol. The minimum absolute atomic E-state index is 0.117. The zero-order valence-electron chi connectivity index (χ0n) is 17.3. The number of hydrogen-bond acceptors (Lipinski definition) is 6. The van der Waals surface area contributed by atoms with Gasteiger partial charge in [0.1, 0.15) is 5.75 Å². The van der Waals surface area contributed by atoms with Crippen LogP contribution in [0.15, 0.2) is 48.5 Å². The molecule has 0 fully saturated rings. The lowest BCUT2D eigenvalue weighted by Crippen LogP contribution is -2.31. The molecule has 0 aliphatic rings. The monoisotopic (exact) mass is 434 g/mol. The van der Waals surface area contributed by atoms with Crippen molar-refractivity contribution in [3.63, 3.8) is 0 Å². The van der Waals surface area contributed by atoms with E-state index in [9.17, 15) is 18.0 Å². The Labute approximate surface area is 176 Å². The molecular weight excluding hydrogens is 408 g/mol. The molecule has 0 aromatic heterocycles. The van der Waals surface area contributed by atoms with Gasteiger partial charge in [-0.05, 0) is 55.8 Å². The van der Waals surface area contributed by atoms with Crippen LogP contribution in [-0.2, 0) is 19.6 Å². The fraction of sp³-hybridized carbons (Fsp3) is 0.333. The lowest BCUT2D eigenvalue weighted by atomic mass is 10.2. The molecule has 0 radical (unpaired) electrons. The van der Waals surface area contributed by atoms with Gasteiger partial charge >= 0.3 is 5.97 Å². The predicted octanol–water partition coefficient (Wildman–Crippen LogP) is 3.06. The number of anilines is 2. The van der Waals surface area contributed by atoms with Gasteiger partial charge < -0.3 is 14.8 Å². The molecule has 0 bridgehead atoms. The second-order valence-corrected chi connectivity index (χ2v) is 8.39. The van der Waals surface area contributed by atoms with Gasteiger partial charge in [-0.2, -0.15) is 0 Å². The minimum atomic E-state index is -3.51. The maximum Gasteiger partial charge on any atom is 0.337 e. The number of rotatable bonds is 10. The molecule has 30 heavy (non-hydrogen) atoms. The number of ether oxygens (including phenoxy) is 2. The van der Waals surface area contributed by atoms with Crippen LogP contribution in [-0.4, -0.2) is 46.8 Å². The van der Waals surface area contributed by atoms with Crippen LogP contribution in [0, 0.1) is 0 Å². The number of methoxy groups -OCH3 is 1. The van der Waals surface area contributed by atoms with E-state index in [-0.39, 0.29) is 18.9 Å². The van der Waals surface area contributed by atoms with Gasteiger partial charge in [0.2, 0.25) is 15.9 Å². The van der Waals surface area contributed by atoms with Crippen molar-refractivity contribution >= 4 is 33.3 Å². The van der Waals surface area contributed by atoms with E-state index in [1.165, 1.54) is 17.5 Å². The largest absolute Gasteiger partial charge is 0.494 e. The first-order chi connectivity index (χ1) is 14.2. The van der Waals surface area contributed by atoms with E-state index >= 15 is 0 Å². The number of carbonyl (C=O) groups is 2. The maximum atomic E-state index is 12.2. The Morgan fingerprint density at radius 1 is 1.10 bits per heavy atom. The molecule has 1 N–H and O–H groups in total. The molecule has 0 aliphatic carbocycles. The van der Waals surface area contributed by atoms with Gasteiger partial charge in [-0.15, -0.1) is 0 Å². The number of nitrogens with zero attached hydrogens (tertiary/aromatic N) is 1. The van der Waals surface area contributed by atoms with Gasteiger partial charge in [0.05, 0.1) is 31.2 Å². The second kappa shape index (κ2) is 10.6. The van der Waals surface area contributed by atoms with E-state index in [1.807, 2.05) is 6.92 Å². The van der Waals surface area contributed by atoms with Gasteiger partial charge in [-0.3, -0.25) is 9.10 Å². The van der Waals surface area contributed by atoms with Crippen LogP contribution in [0.25, 0.3) is 0 Å². The highest BCUT2D eigenvalue weighted by Crippen LogP contribution is 2.22. The van der Waals surface area contributed by atoms with E-state index in [2.05, 4.69) is 10.1 Å². The number of nitrogens with one attached hydrogen (secondary N) is 1. The first-order valence-electron chi connectivity index (χ1n) is 9.43. The van der Waals surface area contributed by atoms with Crippen molar-refractivity contribution in [2.75, 3.05) is 36.1 Å². The average molecular weight is 435 g/mol. The Balaban J connectivity index is 1.96. The van der Waals surface area contributed by atoms with Crippen LogP contribution in [0.3, 0.4) is 0 Å². The number of amides is 1. The summed E-state index contributed by atoms with van der Waals surface area (Å²) < 4.78 is 35.7. The Morgan fingerprint density at radius 2 is 1.80 bits per heavy atom. The van der Waals surface area contributed by atoms with Gasteiger partial charge in [0.15, 0.2) is 0 Å². The Morgan fingerprint density at radius 3 is 2.40 bits per heavy atom. The summed E-state index contributed by atoms with van der Waals surface area (Å²) in [6.45, 7) is 2.54. The van der Waals surface area contributed by atoms with Crippen molar-refractivity contribution in [1.29, 1.82) is 0 Å². The minimum Gasteiger partial charge on any atom is -0.494 e. The Hall–Kier alpha value is -3.07. The van der Waals surface area contributed by atoms with Crippen LogP contribution in [0.1, 0.15) is 30.1 Å². The summed E-state index contributed by atoms with van der Waals surface area (Å²) in [6.07, 6.45) is 1.57. The summed E-state index contributed by atoms with van der Waals surface area (Å²) in [5.41, 5.74) is 1.30. The third-order valence-electron chi connectivity index (χ3n) is 4.17. The highest BCUT2D eigenvalue weighted by Gasteiger charge is 2.18. The zero-order chi connectivity index (χ0) is 22.1. The third-order valence-corrected chi connectivity index (χ3v) is 5.36. The molecule has 0 atom stereocenters. The first kappa shape index (κ1) is 23.2. The third kappa shape index (κ3) is 6.77. The highest BCUT2D eigenvalue weighted by molar-refractivity contribution is 7.92. The molecular formula is C21H26N2O6S. The quantitative estimate of drug-likeness (QED) is 0.577. The molecule has 2 aromatic carbocycles. The molecule has 8 nitrogen and oxygen atoms in total. The van der Waals surface area contributed by atoms with Crippen LogP contribution in [0.4, 0.5) is 11.4 Å². The molecule has 0 spiro atoms. The molecule has 2 rings (SSSR count). The van der Waals surface area contributed by atoms with Crippen molar-refractivity contribution < 1.29 is 27.5 Å². The molecule has 162 valence electrons. The van der Waals surface area contributed by atoms with Crippen LogP contribution in [0.5, 0.6) is 5.75 Å². The molecule has 2 aromatic rings. The fourth-order valence-corrected chi connectivity index (χ4v) is 3.78. The number of esters is 1. The highest BCUT2D eigenvalue weighted by atomic mass is 32.2. The van der Waals surface area contributed by atoms with E-state index in [4.69, 9.17) is 4.74 Å². The van der Waals surface area contributed by atoms with E-state index in [1.54, 1.807) is 42.5 Å². The van der Waals surface area contributed by atoms with Crippen molar-refractivity contribution in [1.82, 2.24) is 0 Å². The lowest BCUT2D eigenvalue weighted by molar-refractivity contribution is -0.116. The molecule has 0 aliphatic heterocycles. The van der Waals surface area contributed by atoms with Crippen molar-refractivity contribution in [2.24, 2.45) is 0 Å². The molecule has 0 unspecified atom stereocenters. The molecule has 0 saturated carbocycles. The van der Waals surface area contributed by atoms with Gasteiger partial charge in [-0.25, -0.2) is 13.2 Å². The smallest absolute Gasteiger partial charge is 0.337 e. The Bertz CT molecular complexity index is 973. The average Bonchev–Trinajstić information content (AvgIpc) is 2.71. The SMILES string of the molecule is CCOc1ccc(N(CCCC(=O)Nc2cccc(C(=O)OC)c2)S(C)(=O)=O)cc1. The molecule has 1 amide bonds. The summed E-state index contributed by atoms with van der Waals surface area (Å²) >= 11 is 0. The summed E-state index contributed by atoms with van der Waals surface area (Å²) in [4.78, 5) is 23.8. The topological polar surface area (TPSA) is 102 Å². The van der Waals surface area contributed by atoms with Crippen molar-refractivity contribution in [2.45, 2.75) is 19.8 Å².